The smallest absolute Gasteiger partial charge is 0.330 e. The Kier molecular flexibility index (Phi) is 4.78. The zero-order valence-corrected chi connectivity index (χ0v) is 8.98. The molecule has 0 N–H and O–H groups in total. The summed E-state index contributed by atoms with van der Waals surface area (Å²) in [6.07, 6.45) is 3.67. The van der Waals surface area contributed by atoms with E-state index in [1.165, 1.54) is 25.0 Å². The summed E-state index contributed by atoms with van der Waals surface area (Å²) in [5, 5.41) is 0. The van der Waals surface area contributed by atoms with E-state index in [4.69, 9.17) is 9.16 Å². The Morgan fingerprint density at radius 3 is 3.08 bits per heavy atom. The van der Waals surface area contributed by atoms with Crippen molar-refractivity contribution in [1.82, 2.24) is 0 Å². The Labute approximate surface area is 80.5 Å². The van der Waals surface area contributed by atoms with Gasteiger partial charge in [-0.3, -0.25) is 0 Å². The molecule has 0 aromatic rings. The van der Waals surface area contributed by atoms with E-state index in [0.717, 1.165) is 12.7 Å². The van der Waals surface area contributed by atoms with Gasteiger partial charge in [0.25, 0.3) is 0 Å². The van der Waals surface area contributed by atoms with Gasteiger partial charge < -0.3 is 9.16 Å². The highest BCUT2D eigenvalue weighted by molar-refractivity contribution is 6.52. The van der Waals surface area contributed by atoms with Crippen molar-refractivity contribution in [3.8, 4) is 0 Å². The molecule has 1 aliphatic heterocycles. The van der Waals surface area contributed by atoms with E-state index in [9.17, 15) is 4.79 Å². The summed E-state index contributed by atoms with van der Waals surface area (Å²) in [6.45, 7) is 4.74. The first-order valence-electron chi connectivity index (χ1n) is 4.73. The van der Waals surface area contributed by atoms with Gasteiger partial charge in [0, 0.05) is 12.7 Å². The van der Waals surface area contributed by atoms with Crippen LogP contribution in [0.5, 0.6) is 0 Å². The monoisotopic (exact) mass is 200 g/mol. The van der Waals surface area contributed by atoms with Gasteiger partial charge in [0.2, 0.25) is 0 Å². The van der Waals surface area contributed by atoms with E-state index in [1.807, 2.05) is 0 Å². The van der Waals surface area contributed by atoms with Crippen molar-refractivity contribution in [3.05, 3.63) is 12.7 Å². The lowest BCUT2D eigenvalue weighted by Crippen LogP contribution is -2.24. The minimum atomic E-state index is -1.01. The molecule has 1 unspecified atom stereocenters. The number of carbonyl (C=O) groups excluding carboxylic acids is 1. The maximum Gasteiger partial charge on any atom is 0.330 e. The normalized spacial score (nSPS) is 22.3. The summed E-state index contributed by atoms with van der Waals surface area (Å²) in [5.41, 5.74) is 0. The number of esters is 1. The molecule has 0 aromatic heterocycles. The van der Waals surface area contributed by atoms with Crippen molar-refractivity contribution in [1.29, 1.82) is 0 Å². The van der Waals surface area contributed by atoms with Gasteiger partial charge in [0.05, 0.1) is 6.61 Å². The van der Waals surface area contributed by atoms with Gasteiger partial charge in [0.15, 0.2) is 9.04 Å². The Morgan fingerprint density at radius 2 is 2.46 bits per heavy atom. The molecule has 1 heterocycles. The van der Waals surface area contributed by atoms with Crippen LogP contribution in [-0.4, -0.2) is 28.2 Å². The van der Waals surface area contributed by atoms with Crippen molar-refractivity contribution in [2.45, 2.75) is 24.9 Å². The first kappa shape index (κ1) is 10.5. The lowest BCUT2D eigenvalue weighted by molar-refractivity contribution is -0.137. The summed E-state index contributed by atoms with van der Waals surface area (Å²) < 4.78 is 10.5. The van der Waals surface area contributed by atoms with E-state index in [-0.39, 0.29) is 5.97 Å². The molecule has 13 heavy (non-hydrogen) atoms. The van der Waals surface area contributed by atoms with E-state index in [2.05, 4.69) is 6.58 Å². The fourth-order valence-electron chi connectivity index (χ4n) is 1.38. The Morgan fingerprint density at radius 1 is 1.62 bits per heavy atom. The zero-order chi connectivity index (χ0) is 9.52. The predicted octanol–water partition coefficient (Wildman–Crippen LogP) is 1.25. The van der Waals surface area contributed by atoms with Crippen LogP contribution in [0, 0.1) is 0 Å². The van der Waals surface area contributed by atoms with Crippen molar-refractivity contribution in [3.63, 3.8) is 0 Å². The molecule has 1 saturated heterocycles. The van der Waals surface area contributed by atoms with Crippen LogP contribution in [0.4, 0.5) is 0 Å². The van der Waals surface area contributed by atoms with E-state index in [1.54, 1.807) is 0 Å². The minimum absolute atomic E-state index is 0.329. The topological polar surface area (TPSA) is 35.5 Å². The van der Waals surface area contributed by atoms with Crippen LogP contribution in [0.2, 0.25) is 12.1 Å². The number of hydrogen-bond donors (Lipinski definition) is 0. The summed E-state index contributed by atoms with van der Waals surface area (Å²) in [6, 6.07) is 2.17. The molecule has 0 bridgehead atoms. The van der Waals surface area contributed by atoms with Gasteiger partial charge in [-0.2, -0.15) is 0 Å². The second kappa shape index (κ2) is 5.94. The first-order chi connectivity index (χ1) is 6.33. The molecule has 0 aliphatic carbocycles. The average molecular weight is 200 g/mol. The second-order valence-electron chi connectivity index (χ2n) is 3.15. The quantitative estimate of drug-likeness (QED) is 0.389. The molecule has 1 rings (SSSR count). The third kappa shape index (κ3) is 4.24. The third-order valence-corrected chi connectivity index (χ3v) is 4.76. The molecular weight excluding hydrogens is 184 g/mol. The Hall–Kier alpha value is -0.613. The zero-order valence-electron chi connectivity index (χ0n) is 7.83. The number of carbonyl (C=O) groups is 1. The number of rotatable bonds is 4. The highest BCUT2D eigenvalue weighted by Crippen LogP contribution is 2.13. The van der Waals surface area contributed by atoms with Crippen molar-refractivity contribution in [2.24, 2.45) is 0 Å². The Balaban J connectivity index is 2.04. The van der Waals surface area contributed by atoms with Crippen LogP contribution in [0.15, 0.2) is 12.7 Å². The molecule has 74 valence electrons. The highest BCUT2D eigenvalue weighted by Gasteiger charge is 2.15. The predicted molar refractivity (Wildman–Crippen MR) is 53.1 cm³/mol. The highest BCUT2D eigenvalue weighted by atomic mass is 28.3. The lowest BCUT2D eigenvalue weighted by atomic mass is 10.4. The van der Waals surface area contributed by atoms with Crippen LogP contribution in [0.25, 0.3) is 0 Å². The molecule has 0 aromatic carbocycles. The van der Waals surface area contributed by atoms with Gasteiger partial charge in [-0.25, -0.2) is 4.79 Å². The van der Waals surface area contributed by atoms with Crippen LogP contribution in [0.3, 0.4) is 0 Å². The van der Waals surface area contributed by atoms with Crippen molar-refractivity contribution < 1.29 is 14.0 Å². The summed E-state index contributed by atoms with van der Waals surface area (Å²) in [5.74, 6) is -0.329. The first-order valence-corrected chi connectivity index (χ1v) is 6.84. The van der Waals surface area contributed by atoms with Gasteiger partial charge in [-0.15, -0.1) is 0 Å². The van der Waals surface area contributed by atoms with Crippen molar-refractivity contribution >= 4 is 15.0 Å². The van der Waals surface area contributed by atoms with Crippen molar-refractivity contribution in [2.75, 3.05) is 13.2 Å². The van der Waals surface area contributed by atoms with E-state index < -0.39 is 9.04 Å². The maximum atomic E-state index is 10.7. The number of ether oxygens (including phenoxy) is 1. The van der Waals surface area contributed by atoms with E-state index >= 15 is 0 Å². The fourth-order valence-corrected chi connectivity index (χ4v) is 3.63. The molecule has 0 radical (unpaired) electrons. The van der Waals surface area contributed by atoms with Crippen LogP contribution < -0.4 is 0 Å². The summed E-state index contributed by atoms with van der Waals surface area (Å²) in [4.78, 5) is 10.7. The molecule has 0 spiro atoms. The summed E-state index contributed by atoms with van der Waals surface area (Å²) >= 11 is 0. The Bertz CT molecular complexity index is 176. The van der Waals surface area contributed by atoms with Crippen LogP contribution >= 0.6 is 0 Å². The summed E-state index contributed by atoms with van der Waals surface area (Å²) in [7, 11) is -1.01. The minimum Gasteiger partial charge on any atom is -0.463 e. The lowest BCUT2D eigenvalue weighted by Gasteiger charge is -2.20. The molecule has 1 fully saturated rings. The maximum absolute atomic E-state index is 10.7. The SMILES string of the molecule is C=CC(=O)OCC[SiH]1CCCCO1. The third-order valence-electron chi connectivity index (χ3n) is 2.12. The largest absolute Gasteiger partial charge is 0.463 e. The fraction of sp³-hybridized carbons (Fsp3) is 0.667. The molecule has 0 saturated carbocycles. The van der Waals surface area contributed by atoms with Gasteiger partial charge >= 0.3 is 5.97 Å². The standard InChI is InChI=1S/C9H16O3Si/c1-2-9(10)11-6-8-13-7-4-3-5-12-13/h2,13H,1,3-8H2. The number of hydrogen-bond acceptors (Lipinski definition) is 3. The molecule has 3 nitrogen and oxygen atoms in total. The molecule has 1 aliphatic rings. The van der Waals surface area contributed by atoms with Gasteiger partial charge in [-0.1, -0.05) is 13.0 Å². The van der Waals surface area contributed by atoms with Gasteiger partial charge in [0.1, 0.15) is 0 Å². The molecule has 1 atom stereocenters. The van der Waals surface area contributed by atoms with Crippen LogP contribution in [0.1, 0.15) is 12.8 Å². The van der Waals surface area contributed by atoms with E-state index in [0.29, 0.717) is 6.61 Å². The average Bonchev–Trinajstić information content (AvgIpc) is 2.19. The van der Waals surface area contributed by atoms with Crippen LogP contribution in [-0.2, 0) is 14.0 Å². The van der Waals surface area contributed by atoms with Gasteiger partial charge in [-0.05, 0) is 18.5 Å². The second-order valence-corrected chi connectivity index (χ2v) is 5.88. The molecule has 4 heteroatoms. The molecular formula is C9H16O3Si. The molecule has 0 amide bonds.